The zero-order chi connectivity index (χ0) is 55.6. The van der Waals surface area contributed by atoms with Crippen LogP contribution < -0.4 is 21.3 Å². The second kappa shape index (κ2) is 17.4. The molecule has 0 unspecified atom stereocenters. The first-order chi connectivity index (χ1) is 40.5. The Bertz CT molecular complexity index is 5180. The van der Waals surface area contributed by atoms with Crippen LogP contribution in [0, 0.1) is 0 Å². The van der Waals surface area contributed by atoms with Gasteiger partial charge in [0, 0.05) is 44.3 Å². The highest BCUT2D eigenvalue weighted by molar-refractivity contribution is 7.00. The van der Waals surface area contributed by atoms with E-state index in [-0.39, 0.29) is 17.5 Å². The van der Waals surface area contributed by atoms with E-state index in [9.17, 15) is 0 Å². The highest BCUT2D eigenvalue weighted by Crippen LogP contribution is 2.52. The Morgan fingerprint density at radius 2 is 0.783 bits per heavy atom. The van der Waals surface area contributed by atoms with Crippen LogP contribution in [0.15, 0.2) is 249 Å². The van der Waals surface area contributed by atoms with Crippen LogP contribution in [0.3, 0.4) is 0 Å². The van der Waals surface area contributed by atoms with Crippen LogP contribution in [0.4, 0.5) is 17.1 Å². The highest BCUT2D eigenvalue weighted by Gasteiger charge is 2.44. The van der Waals surface area contributed by atoms with Gasteiger partial charge in [0.25, 0.3) is 6.71 Å². The van der Waals surface area contributed by atoms with E-state index < -0.39 is 0 Å². The van der Waals surface area contributed by atoms with E-state index in [1.807, 2.05) is 0 Å². The minimum Gasteiger partial charge on any atom is -0.311 e. The maximum Gasteiger partial charge on any atom is 0.252 e. The zero-order valence-electron chi connectivity index (χ0n) is 47.6. The minimum atomic E-state index is -0.118. The lowest BCUT2D eigenvalue weighted by Gasteiger charge is -2.41. The van der Waals surface area contributed by atoms with Crippen LogP contribution >= 0.6 is 0 Å². The van der Waals surface area contributed by atoms with E-state index in [0.29, 0.717) is 0 Å². The molecule has 0 aliphatic carbocycles. The van der Waals surface area contributed by atoms with Gasteiger partial charge in [-0.2, -0.15) is 0 Å². The summed E-state index contributed by atoms with van der Waals surface area (Å²) in [4.78, 5) is 2.62. The molecule has 0 amide bonds. The number of hydrogen-bond donors (Lipinski definition) is 0. The Morgan fingerprint density at radius 1 is 0.313 bits per heavy atom. The van der Waals surface area contributed by atoms with Crippen LogP contribution in [0.25, 0.3) is 126 Å². The fourth-order valence-corrected chi connectivity index (χ4v) is 15.0. The lowest BCUT2D eigenvalue weighted by molar-refractivity contribution is 0.590. The second-order valence-corrected chi connectivity index (χ2v) is 25.5. The molecule has 3 heterocycles. The number of nitrogens with zero attached hydrogens (tertiary/aromatic N) is 2. The van der Waals surface area contributed by atoms with E-state index in [1.165, 1.54) is 164 Å². The summed E-state index contributed by atoms with van der Waals surface area (Å²) >= 11 is 0. The number of hydrogen-bond acceptors (Lipinski definition) is 1. The van der Waals surface area contributed by atoms with Crippen LogP contribution in [-0.2, 0) is 10.8 Å². The van der Waals surface area contributed by atoms with E-state index >= 15 is 0 Å². The first kappa shape index (κ1) is 48.1. The van der Waals surface area contributed by atoms with Gasteiger partial charge in [-0.3, -0.25) is 0 Å². The molecule has 0 spiro atoms. The summed E-state index contributed by atoms with van der Waals surface area (Å²) in [7, 11) is 0. The number of anilines is 3. The third-order valence-electron chi connectivity index (χ3n) is 18.8. The van der Waals surface area contributed by atoms with Gasteiger partial charge in [0.1, 0.15) is 0 Å². The molecule has 2 nitrogen and oxygen atoms in total. The largest absolute Gasteiger partial charge is 0.311 e. The average molecular weight is 1060 g/mol. The van der Waals surface area contributed by atoms with Crippen molar-refractivity contribution in [3.63, 3.8) is 0 Å². The molecule has 1 aromatic heterocycles. The van der Waals surface area contributed by atoms with E-state index in [2.05, 4.69) is 300 Å². The first-order valence-corrected chi connectivity index (χ1v) is 29.5. The first-order valence-electron chi connectivity index (χ1n) is 29.5. The van der Waals surface area contributed by atoms with Crippen molar-refractivity contribution in [2.45, 2.75) is 52.4 Å². The zero-order valence-corrected chi connectivity index (χ0v) is 47.6. The van der Waals surface area contributed by atoms with Crippen molar-refractivity contribution in [1.82, 2.24) is 4.57 Å². The molecule has 17 rings (SSSR count). The molecule has 0 radical (unpaired) electrons. The van der Waals surface area contributed by atoms with Gasteiger partial charge in [-0.05, 0) is 162 Å². The summed E-state index contributed by atoms with van der Waals surface area (Å²) in [5, 5.41) is 18.0. The summed E-state index contributed by atoms with van der Waals surface area (Å²) in [5.41, 5.74) is 21.0. The van der Waals surface area contributed by atoms with Crippen molar-refractivity contribution in [2.75, 3.05) is 4.90 Å². The monoisotopic (exact) mass is 1060 g/mol. The van der Waals surface area contributed by atoms with Gasteiger partial charge in [0.15, 0.2) is 0 Å². The van der Waals surface area contributed by atoms with Gasteiger partial charge >= 0.3 is 0 Å². The fourth-order valence-electron chi connectivity index (χ4n) is 15.0. The van der Waals surface area contributed by atoms with Crippen molar-refractivity contribution >= 4 is 127 Å². The molecule has 15 aromatic rings. The Balaban J connectivity index is 1.14. The van der Waals surface area contributed by atoms with E-state index in [1.54, 1.807) is 0 Å². The van der Waals surface area contributed by atoms with Crippen molar-refractivity contribution < 1.29 is 0 Å². The molecular formula is C80H59BN2. The minimum absolute atomic E-state index is 0.0102. The second-order valence-electron chi connectivity index (χ2n) is 25.5. The van der Waals surface area contributed by atoms with Crippen molar-refractivity contribution in [1.29, 1.82) is 0 Å². The Morgan fingerprint density at radius 3 is 1.34 bits per heavy atom. The van der Waals surface area contributed by atoms with Gasteiger partial charge < -0.3 is 9.47 Å². The van der Waals surface area contributed by atoms with Gasteiger partial charge in [-0.15, -0.1) is 0 Å². The third-order valence-corrected chi connectivity index (χ3v) is 18.8. The predicted molar refractivity (Wildman–Crippen MR) is 359 cm³/mol. The van der Waals surface area contributed by atoms with Crippen molar-refractivity contribution in [3.8, 4) is 39.1 Å². The molecule has 14 aromatic carbocycles. The molecule has 2 aliphatic rings. The molecule has 0 atom stereocenters. The molecule has 83 heavy (non-hydrogen) atoms. The topological polar surface area (TPSA) is 8.17 Å². The Kier molecular flexibility index (Phi) is 10.1. The maximum absolute atomic E-state index is 2.73. The highest BCUT2D eigenvalue weighted by atomic mass is 15.2. The van der Waals surface area contributed by atoms with Crippen LogP contribution in [0.5, 0.6) is 0 Å². The Hall–Kier alpha value is -9.70. The molecule has 0 saturated heterocycles. The lowest BCUT2D eigenvalue weighted by atomic mass is 9.33. The summed E-state index contributed by atoms with van der Waals surface area (Å²) in [5.74, 6) is 0. The van der Waals surface area contributed by atoms with Gasteiger partial charge in [0.2, 0.25) is 0 Å². The molecule has 0 fully saturated rings. The van der Waals surface area contributed by atoms with Crippen LogP contribution in [-0.4, -0.2) is 11.3 Å². The van der Waals surface area contributed by atoms with Gasteiger partial charge in [-0.25, -0.2) is 0 Å². The van der Waals surface area contributed by atoms with Crippen LogP contribution in [0.1, 0.15) is 52.7 Å². The Labute approximate surface area is 484 Å². The number of benzene rings is 14. The standard InChI is InChI=1S/C80H59BN2/c1-79(2,3)51-36-39-53(40-37-51)82-68-42-38-52(80(4,5)6)46-66(68)81-67-47-65-61-31-16-14-27-57(61)59-29-18-20-33-63(59)74(65)76-75-69(43-41-64-60-30-15-13-26-56(60)58-28-17-19-32-62(58)73(64)75)83(78(67)76)71-45-50(44-70(82)77(71)81)72-54(48-22-9-7-10-23-48)34-21-35-55(72)49-24-11-8-12-25-49/h7-47H,1-6H3. The summed E-state index contributed by atoms with van der Waals surface area (Å²) in [6, 6.07) is 95.2. The SMILES string of the molecule is CC(C)(C)c1ccc(N2c3ccc(C(C)(C)C)cc3B3c4c2cc(-c2c(-c5ccccc5)cccc2-c2ccccc2)cc4-n2c4ccc5c6ccccc6c6ccccc6c5c4c4c5c6ccccc6c6ccccc6c5cc3c42)cc1. The summed E-state index contributed by atoms with van der Waals surface area (Å²) in [6.45, 7) is 13.9. The lowest BCUT2D eigenvalue weighted by Crippen LogP contribution is -2.60. The van der Waals surface area contributed by atoms with E-state index in [0.717, 1.165) is 5.69 Å². The molecule has 392 valence electrons. The fraction of sp³-hybridized carbons (Fsp3) is 0.100. The van der Waals surface area contributed by atoms with Gasteiger partial charge in [0.05, 0.1) is 11.0 Å². The van der Waals surface area contributed by atoms with Crippen molar-refractivity contribution in [2.24, 2.45) is 0 Å². The molecule has 0 bridgehead atoms. The van der Waals surface area contributed by atoms with Crippen molar-refractivity contribution in [3.05, 3.63) is 260 Å². The number of aromatic nitrogens is 1. The average Bonchev–Trinajstić information content (AvgIpc) is 1.63. The third kappa shape index (κ3) is 6.86. The summed E-state index contributed by atoms with van der Waals surface area (Å²) < 4.78 is 2.73. The molecule has 0 N–H and O–H groups in total. The maximum atomic E-state index is 2.73. The molecule has 3 heteroatoms. The van der Waals surface area contributed by atoms with E-state index in [4.69, 9.17) is 0 Å². The van der Waals surface area contributed by atoms with Gasteiger partial charge in [-0.1, -0.05) is 254 Å². The smallest absolute Gasteiger partial charge is 0.252 e. The molecule has 2 aliphatic heterocycles. The predicted octanol–water partition coefficient (Wildman–Crippen LogP) is 19.9. The molecule has 0 saturated carbocycles. The van der Waals surface area contributed by atoms with Crippen LogP contribution in [0.2, 0.25) is 0 Å². The normalized spacial score (nSPS) is 13.1. The number of rotatable bonds is 4. The quantitative estimate of drug-likeness (QED) is 0.126. The molecular weight excluding hydrogens is 1000 g/mol. The summed E-state index contributed by atoms with van der Waals surface area (Å²) in [6.07, 6.45) is 0. The number of fused-ring (bicyclic) bond motifs is 21.